The summed E-state index contributed by atoms with van der Waals surface area (Å²) in [4.78, 5) is 44.9. The van der Waals surface area contributed by atoms with Crippen molar-refractivity contribution in [1.29, 1.82) is 0 Å². The average molecular weight is 470 g/mol. The Hall–Kier alpha value is -2.41. The number of anilines is 2. The Bertz CT molecular complexity index is 1250. The van der Waals surface area contributed by atoms with Crippen LogP contribution in [0.15, 0.2) is 30.3 Å². The van der Waals surface area contributed by atoms with E-state index in [9.17, 15) is 14.4 Å². The molecule has 4 aliphatic rings. The lowest BCUT2D eigenvalue weighted by atomic mass is 9.75. The van der Waals surface area contributed by atoms with Gasteiger partial charge in [0.1, 0.15) is 5.54 Å². The average Bonchev–Trinajstić information content (AvgIpc) is 3.44. The third-order valence-corrected chi connectivity index (χ3v) is 8.37. The molecule has 0 radical (unpaired) electrons. The van der Waals surface area contributed by atoms with Crippen LogP contribution in [-0.2, 0) is 19.9 Å². The number of nitrogens with one attached hydrogen (secondary N) is 1. The van der Waals surface area contributed by atoms with E-state index in [1.165, 1.54) is 4.90 Å². The first-order chi connectivity index (χ1) is 15.3. The zero-order valence-electron chi connectivity index (χ0n) is 17.6. The number of halogens is 2. The third kappa shape index (κ3) is 2.23. The fourth-order valence-electron chi connectivity index (χ4n) is 6.51. The molecule has 2 aromatic rings. The fraction of sp³-hybridized carbons (Fsp3) is 0.375. The highest BCUT2D eigenvalue weighted by molar-refractivity contribution is 6.33. The molecular formula is C24H21Cl2N3O3. The number of benzene rings is 2. The number of carbonyl (C=O) groups is 3. The molecule has 164 valence electrons. The third-order valence-electron chi connectivity index (χ3n) is 7.74. The van der Waals surface area contributed by atoms with Crippen LogP contribution in [-0.4, -0.2) is 35.2 Å². The standard InChI is InChI=1S/C24H21Cl2N3O3/c1-11-9-13(25)10-14-20(11)27-23(32)24(14)19-18(17-7-4-8-28(17)24)21(30)29(22(19)31)16-6-3-5-15(26)12(16)2/h3,5-6,9-10,17-19H,4,7-8H2,1-2H3,(H,27,32)/t17-,18-,19-,24-/m0/s1. The summed E-state index contributed by atoms with van der Waals surface area (Å²) < 4.78 is 0. The second-order valence-corrected chi connectivity index (χ2v) is 10.0. The summed E-state index contributed by atoms with van der Waals surface area (Å²) in [5, 5.41) is 4.02. The minimum atomic E-state index is -1.23. The number of aryl methyl sites for hydroxylation is 1. The van der Waals surface area contributed by atoms with E-state index >= 15 is 0 Å². The number of hydrogen-bond donors (Lipinski definition) is 1. The molecule has 4 aliphatic heterocycles. The minimum absolute atomic E-state index is 0.170. The van der Waals surface area contributed by atoms with E-state index in [0.717, 1.165) is 18.4 Å². The summed E-state index contributed by atoms with van der Waals surface area (Å²) >= 11 is 12.7. The van der Waals surface area contributed by atoms with E-state index in [-0.39, 0.29) is 23.8 Å². The van der Waals surface area contributed by atoms with Crippen LogP contribution >= 0.6 is 23.2 Å². The van der Waals surface area contributed by atoms with E-state index < -0.39 is 17.4 Å². The summed E-state index contributed by atoms with van der Waals surface area (Å²) in [5.41, 5.74) is 2.17. The van der Waals surface area contributed by atoms with Gasteiger partial charge in [-0.25, -0.2) is 4.90 Å². The highest BCUT2D eigenvalue weighted by Crippen LogP contribution is 2.61. The maximum Gasteiger partial charge on any atom is 0.250 e. The highest BCUT2D eigenvalue weighted by Gasteiger charge is 2.74. The molecule has 3 fully saturated rings. The molecule has 1 N–H and O–H groups in total. The van der Waals surface area contributed by atoms with Crippen molar-refractivity contribution in [2.24, 2.45) is 11.8 Å². The molecule has 6 nitrogen and oxygen atoms in total. The maximum absolute atomic E-state index is 14.0. The molecule has 2 aromatic carbocycles. The Morgan fingerprint density at radius 2 is 1.88 bits per heavy atom. The van der Waals surface area contributed by atoms with Crippen molar-refractivity contribution in [3.8, 4) is 0 Å². The first-order valence-electron chi connectivity index (χ1n) is 10.8. The Morgan fingerprint density at radius 3 is 2.66 bits per heavy atom. The lowest BCUT2D eigenvalue weighted by Gasteiger charge is -2.37. The number of carbonyl (C=O) groups excluding carboxylic acids is 3. The summed E-state index contributed by atoms with van der Waals surface area (Å²) in [7, 11) is 0. The fourth-order valence-corrected chi connectivity index (χ4v) is 6.95. The van der Waals surface area contributed by atoms with Crippen molar-refractivity contribution < 1.29 is 14.4 Å². The van der Waals surface area contributed by atoms with Gasteiger partial charge in [-0.1, -0.05) is 29.3 Å². The molecule has 1 spiro atoms. The number of amides is 3. The van der Waals surface area contributed by atoms with Crippen molar-refractivity contribution in [3.05, 3.63) is 57.1 Å². The summed E-state index contributed by atoms with van der Waals surface area (Å²) in [6, 6.07) is 8.62. The van der Waals surface area contributed by atoms with Crippen LogP contribution in [0, 0.1) is 25.7 Å². The Balaban J connectivity index is 1.59. The molecule has 0 bridgehead atoms. The summed E-state index contributed by atoms with van der Waals surface area (Å²) in [5.74, 6) is -2.24. The lowest BCUT2D eigenvalue weighted by Crippen LogP contribution is -2.54. The van der Waals surface area contributed by atoms with Gasteiger partial charge in [0.2, 0.25) is 17.7 Å². The van der Waals surface area contributed by atoms with Gasteiger partial charge in [0.25, 0.3) is 0 Å². The van der Waals surface area contributed by atoms with Gasteiger partial charge >= 0.3 is 0 Å². The molecule has 32 heavy (non-hydrogen) atoms. The second kappa shape index (κ2) is 6.56. The first-order valence-corrected chi connectivity index (χ1v) is 11.6. The van der Waals surface area contributed by atoms with Gasteiger partial charge in [0.05, 0.1) is 17.5 Å². The van der Waals surface area contributed by atoms with Crippen molar-refractivity contribution in [2.45, 2.75) is 38.3 Å². The maximum atomic E-state index is 14.0. The SMILES string of the molecule is Cc1cc(Cl)cc2c1NC(=O)[C@@]21[C@@H]2C(=O)N(c3cccc(Cl)c3C)C(=O)[C@H]2[C@@H]2CCCN21. The molecule has 4 atom stereocenters. The Labute approximate surface area is 195 Å². The van der Waals surface area contributed by atoms with Gasteiger partial charge in [-0.05, 0) is 68.6 Å². The van der Waals surface area contributed by atoms with Crippen LogP contribution < -0.4 is 10.2 Å². The quantitative estimate of drug-likeness (QED) is 0.639. The van der Waals surface area contributed by atoms with E-state index in [2.05, 4.69) is 10.2 Å². The number of nitrogens with zero attached hydrogens (tertiary/aromatic N) is 2. The lowest BCUT2D eigenvalue weighted by molar-refractivity contribution is -0.135. The summed E-state index contributed by atoms with van der Waals surface area (Å²) in [6.45, 7) is 4.35. The van der Waals surface area contributed by atoms with E-state index in [0.29, 0.717) is 39.1 Å². The van der Waals surface area contributed by atoms with Crippen LogP contribution in [0.1, 0.15) is 29.5 Å². The molecule has 4 heterocycles. The van der Waals surface area contributed by atoms with E-state index in [4.69, 9.17) is 23.2 Å². The van der Waals surface area contributed by atoms with Gasteiger partial charge < -0.3 is 5.32 Å². The van der Waals surface area contributed by atoms with Crippen molar-refractivity contribution >= 4 is 52.3 Å². The van der Waals surface area contributed by atoms with Gasteiger partial charge in [-0.3, -0.25) is 19.3 Å². The van der Waals surface area contributed by atoms with Crippen LogP contribution in [0.3, 0.4) is 0 Å². The van der Waals surface area contributed by atoms with Crippen molar-refractivity contribution in [1.82, 2.24) is 4.90 Å². The van der Waals surface area contributed by atoms with Crippen molar-refractivity contribution in [3.63, 3.8) is 0 Å². The number of imide groups is 1. The van der Waals surface area contributed by atoms with Gasteiger partial charge in [0.15, 0.2) is 0 Å². The predicted molar refractivity (Wildman–Crippen MR) is 122 cm³/mol. The molecule has 0 aromatic heterocycles. The molecule has 6 rings (SSSR count). The number of hydrogen-bond acceptors (Lipinski definition) is 4. The Morgan fingerprint density at radius 1 is 1.09 bits per heavy atom. The summed E-state index contributed by atoms with van der Waals surface area (Å²) in [6.07, 6.45) is 1.64. The molecule has 3 saturated heterocycles. The predicted octanol–water partition coefficient (Wildman–Crippen LogP) is 4.04. The highest BCUT2D eigenvalue weighted by atomic mass is 35.5. The number of fused-ring (bicyclic) bond motifs is 7. The zero-order chi connectivity index (χ0) is 22.5. The van der Waals surface area contributed by atoms with Crippen molar-refractivity contribution in [2.75, 3.05) is 16.8 Å². The normalized spacial score (nSPS) is 30.8. The van der Waals surface area contributed by atoms with Crippen LogP contribution in [0.4, 0.5) is 11.4 Å². The molecule has 0 saturated carbocycles. The van der Waals surface area contributed by atoms with Crippen LogP contribution in [0.25, 0.3) is 0 Å². The van der Waals surface area contributed by atoms with E-state index in [1.54, 1.807) is 37.3 Å². The largest absolute Gasteiger partial charge is 0.324 e. The molecule has 0 unspecified atom stereocenters. The molecular weight excluding hydrogens is 449 g/mol. The number of rotatable bonds is 1. The van der Waals surface area contributed by atoms with Crippen LogP contribution in [0.2, 0.25) is 10.0 Å². The monoisotopic (exact) mass is 469 g/mol. The smallest absolute Gasteiger partial charge is 0.250 e. The Kier molecular flexibility index (Phi) is 4.15. The van der Waals surface area contributed by atoms with E-state index in [1.807, 2.05) is 6.92 Å². The van der Waals surface area contributed by atoms with Gasteiger partial charge in [-0.2, -0.15) is 0 Å². The molecule has 8 heteroatoms. The molecule has 3 amide bonds. The topological polar surface area (TPSA) is 69.7 Å². The molecule has 0 aliphatic carbocycles. The zero-order valence-corrected chi connectivity index (χ0v) is 19.1. The first kappa shape index (κ1) is 20.2. The second-order valence-electron chi connectivity index (χ2n) is 9.17. The van der Waals surface area contributed by atoms with Gasteiger partial charge in [0, 0.05) is 27.3 Å². The van der Waals surface area contributed by atoms with Crippen LogP contribution in [0.5, 0.6) is 0 Å². The van der Waals surface area contributed by atoms with Gasteiger partial charge in [-0.15, -0.1) is 0 Å². The minimum Gasteiger partial charge on any atom is -0.324 e.